The van der Waals surface area contributed by atoms with E-state index in [1.165, 1.54) is 0 Å². The van der Waals surface area contributed by atoms with E-state index in [-0.39, 0.29) is 0 Å². The van der Waals surface area contributed by atoms with Crippen LogP contribution in [0.15, 0.2) is 5.11 Å². The zero-order valence-corrected chi connectivity index (χ0v) is 7.19. The van der Waals surface area contributed by atoms with Crippen molar-refractivity contribution in [2.75, 3.05) is 13.2 Å². The fourth-order valence-corrected chi connectivity index (χ4v) is 0.690. The van der Waals surface area contributed by atoms with E-state index in [2.05, 4.69) is 10.0 Å². The quantitative estimate of drug-likeness (QED) is 0.223. The first-order valence-electron chi connectivity index (χ1n) is 3.74. The fourth-order valence-electron chi connectivity index (χ4n) is 0.690. The van der Waals surface area contributed by atoms with Gasteiger partial charge in [-0.05, 0) is 5.53 Å². The maximum Gasteiger partial charge on any atom is 0.192 e. The normalized spacial score (nSPS) is 16.6. The van der Waals surface area contributed by atoms with E-state index in [9.17, 15) is 4.79 Å². The molecule has 0 aliphatic rings. The van der Waals surface area contributed by atoms with Gasteiger partial charge in [-0.15, -0.1) is 0 Å². The molecule has 0 aromatic rings. The van der Waals surface area contributed by atoms with Crippen LogP contribution in [0, 0.1) is 0 Å². The molecule has 0 aromatic heterocycles. The van der Waals surface area contributed by atoms with E-state index in [0.29, 0.717) is 0 Å². The van der Waals surface area contributed by atoms with Crippen LogP contribution >= 0.6 is 0 Å². The van der Waals surface area contributed by atoms with Crippen LogP contribution in [0.1, 0.15) is 0 Å². The van der Waals surface area contributed by atoms with Crippen molar-refractivity contribution in [2.45, 2.75) is 18.3 Å². The van der Waals surface area contributed by atoms with Gasteiger partial charge in [0.25, 0.3) is 0 Å². The minimum atomic E-state index is -1.89. The molecule has 8 nitrogen and oxygen atoms in total. The first-order valence-corrected chi connectivity index (χ1v) is 3.74. The monoisotopic (exact) mass is 205 g/mol. The molecule has 0 spiro atoms. The number of rotatable bonds is 6. The molecule has 14 heavy (non-hydrogen) atoms. The Balaban J connectivity index is 4.23. The molecule has 80 valence electrons. The molecule has 0 aliphatic carbocycles. The van der Waals surface area contributed by atoms with Crippen LogP contribution < -0.4 is 0 Å². The van der Waals surface area contributed by atoms with Gasteiger partial charge in [-0.25, -0.2) is 0 Å². The minimum absolute atomic E-state index is 0.523. The second kappa shape index (κ2) is 6.30. The zero-order valence-electron chi connectivity index (χ0n) is 7.19. The topological polar surface area (TPSA) is 147 Å². The average molecular weight is 205 g/mol. The highest BCUT2D eigenvalue weighted by Gasteiger charge is 2.28. The van der Waals surface area contributed by atoms with Crippen molar-refractivity contribution in [1.29, 1.82) is 0 Å². The maximum atomic E-state index is 11.0. The smallest absolute Gasteiger partial charge is 0.192 e. The number of aliphatic hydroxyl groups is 4. The summed E-state index contributed by atoms with van der Waals surface area (Å²) >= 11 is 0. The summed E-state index contributed by atoms with van der Waals surface area (Å²) in [5, 5.41) is 38.1. The van der Waals surface area contributed by atoms with Crippen molar-refractivity contribution in [3.8, 4) is 0 Å². The number of Topliss-reactive ketones (excluding diaryl/α,β-unsaturated/α-hetero) is 1. The molecule has 0 radical (unpaired) electrons. The summed E-state index contributed by atoms with van der Waals surface area (Å²) in [5.41, 5.74) is 7.87. The van der Waals surface area contributed by atoms with E-state index in [1.807, 2.05) is 0 Å². The van der Waals surface area contributed by atoms with Gasteiger partial charge >= 0.3 is 0 Å². The number of ketones is 1. The Labute approximate surface area is 79.0 Å². The second-order valence-electron chi connectivity index (χ2n) is 2.53. The van der Waals surface area contributed by atoms with E-state index >= 15 is 0 Å². The summed E-state index contributed by atoms with van der Waals surface area (Å²) in [6, 6.07) is 0. The molecule has 0 fully saturated rings. The van der Waals surface area contributed by atoms with E-state index in [1.54, 1.807) is 0 Å². The Bertz CT molecular complexity index is 240. The summed E-state index contributed by atoms with van der Waals surface area (Å²) in [5.74, 6) is -1.10. The third-order valence-electron chi connectivity index (χ3n) is 1.49. The fraction of sp³-hybridized carbons (Fsp3) is 0.833. The minimum Gasteiger partial charge on any atom is -0.394 e. The highest BCUT2D eigenvalue weighted by Crippen LogP contribution is 1.99. The summed E-state index contributed by atoms with van der Waals surface area (Å²) in [4.78, 5) is 13.3. The summed E-state index contributed by atoms with van der Waals surface area (Å²) in [6.45, 7) is -1.33. The van der Waals surface area contributed by atoms with Crippen LogP contribution in [0.25, 0.3) is 10.4 Å². The Morgan fingerprint density at radius 2 is 2.00 bits per heavy atom. The lowest BCUT2D eigenvalue weighted by atomic mass is 10.1. The second-order valence-corrected chi connectivity index (χ2v) is 2.53. The number of nitrogens with zero attached hydrogens (tertiary/aromatic N) is 3. The van der Waals surface area contributed by atoms with Crippen LogP contribution in [-0.2, 0) is 4.79 Å². The molecule has 4 N–H and O–H groups in total. The van der Waals surface area contributed by atoms with E-state index in [0.717, 1.165) is 0 Å². The number of carbonyl (C=O) groups is 1. The Kier molecular flexibility index (Phi) is 5.77. The predicted octanol–water partition coefficient (Wildman–Crippen LogP) is -2.06. The highest BCUT2D eigenvalue weighted by molar-refractivity contribution is 5.87. The average Bonchev–Trinajstić information content (AvgIpc) is 2.22. The number of hydrogen-bond acceptors (Lipinski definition) is 6. The molecule has 0 amide bonds. The Morgan fingerprint density at radius 1 is 1.43 bits per heavy atom. The summed E-state index contributed by atoms with van der Waals surface area (Å²) in [6.07, 6.45) is -5.21. The van der Waals surface area contributed by atoms with Crippen molar-refractivity contribution < 1.29 is 25.2 Å². The zero-order chi connectivity index (χ0) is 11.1. The van der Waals surface area contributed by atoms with E-state index in [4.69, 9.17) is 26.0 Å². The van der Waals surface area contributed by atoms with Gasteiger partial charge in [-0.3, -0.25) is 4.79 Å². The first-order chi connectivity index (χ1) is 6.54. The van der Waals surface area contributed by atoms with Crippen molar-refractivity contribution in [3.63, 3.8) is 0 Å². The molecular weight excluding hydrogens is 194 g/mol. The van der Waals surface area contributed by atoms with Crippen molar-refractivity contribution in [3.05, 3.63) is 10.4 Å². The summed E-state index contributed by atoms with van der Waals surface area (Å²) < 4.78 is 0. The number of hydrogen-bond donors (Lipinski definition) is 4. The van der Waals surface area contributed by atoms with Crippen molar-refractivity contribution >= 4 is 5.78 Å². The molecule has 1 unspecified atom stereocenters. The Hall–Kier alpha value is -1.18. The third-order valence-corrected chi connectivity index (χ3v) is 1.49. The Morgan fingerprint density at radius 3 is 2.43 bits per heavy atom. The molecule has 0 heterocycles. The lowest BCUT2D eigenvalue weighted by Gasteiger charge is -2.16. The molecule has 8 heteroatoms. The van der Waals surface area contributed by atoms with Crippen LogP contribution in [0.2, 0.25) is 0 Å². The van der Waals surface area contributed by atoms with Gasteiger partial charge in [-0.2, -0.15) is 0 Å². The van der Waals surface area contributed by atoms with Gasteiger partial charge in [0.2, 0.25) is 0 Å². The van der Waals surface area contributed by atoms with Crippen LogP contribution in [0.4, 0.5) is 0 Å². The van der Waals surface area contributed by atoms with Crippen LogP contribution in [0.5, 0.6) is 0 Å². The lowest BCUT2D eigenvalue weighted by molar-refractivity contribution is -0.142. The molecule has 0 saturated heterocycles. The largest absolute Gasteiger partial charge is 0.394 e. The molecule has 0 saturated carbocycles. The molecule has 0 rings (SSSR count). The highest BCUT2D eigenvalue weighted by atomic mass is 16.4. The molecule has 3 atom stereocenters. The molecule has 0 aromatic carbocycles. The molecular formula is C6H11N3O5. The summed E-state index contributed by atoms with van der Waals surface area (Å²) in [7, 11) is 0. The van der Waals surface area contributed by atoms with Gasteiger partial charge < -0.3 is 20.4 Å². The SMILES string of the molecule is [N-]=[N+]=NC[C@@H](O)C(=O)[C@@H](O)C(O)CO. The van der Waals surface area contributed by atoms with Gasteiger partial charge in [-0.1, -0.05) is 5.11 Å². The third kappa shape index (κ3) is 3.69. The van der Waals surface area contributed by atoms with Crippen molar-refractivity contribution in [1.82, 2.24) is 0 Å². The van der Waals surface area contributed by atoms with Gasteiger partial charge in [0.05, 0.1) is 13.2 Å². The van der Waals surface area contributed by atoms with Crippen molar-refractivity contribution in [2.24, 2.45) is 5.11 Å². The standard InChI is InChI=1S/C6H11N3O5/c7-9-8-1-3(11)5(13)6(14)4(12)2-10/h3-4,6,10-12,14H,1-2H2/t3-,4?,6+/m1/s1. The van der Waals surface area contributed by atoms with Gasteiger partial charge in [0.15, 0.2) is 5.78 Å². The number of aliphatic hydroxyl groups excluding tert-OH is 4. The molecule has 0 aliphatic heterocycles. The maximum absolute atomic E-state index is 11.0. The van der Waals surface area contributed by atoms with E-state index < -0.39 is 37.2 Å². The predicted molar refractivity (Wildman–Crippen MR) is 44.1 cm³/mol. The van der Waals surface area contributed by atoms with Crippen LogP contribution in [-0.4, -0.2) is 57.7 Å². The number of carbonyl (C=O) groups excluding carboxylic acids is 1. The van der Waals surface area contributed by atoms with Gasteiger partial charge in [0.1, 0.15) is 18.3 Å². The number of azide groups is 1. The molecule has 0 bridgehead atoms. The van der Waals surface area contributed by atoms with Gasteiger partial charge in [0, 0.05) is 4.91 Å². The first kappa shape index (κ1) is 12.8. The van der Waals surface area contributed by atoms with Crippen LogP contribution in [0.3, 0.4) is 0 Å². The lowest BCUT2D eigenvalue weighted by Crippen LogP contribution is -2.43.